The van der Waals surface area contributed by atoms with Crippen LogP contribution in [-0.4, -0.2) is 96.3 Å². The Kier molecular flexibility index (Phi) is 9.00. The highest BCUT2D eigenvalue weighted by Gasteiger charge is 2.41. The van der Waals surface area contributed by atoms with Crippen LogP contribution in [0.3, 0.4) is 0 Å². The zero-order valence-corrected chi connectivity index (χ0v) is 26.1. The monoisotopic (exact) mass is 610 g/mol. The first-order valence-corrected chi connectivity index (χ1v) is 16.5. The molecule has 1 radical (unpaired) electrons. The van der Waals surface area contributed by atoms with Crippen molar-refractivity contribution in [1.82, 2.24) is 14.8 Å². The van der Waals surface area contributed by atoms with Crippen LogP contribution in [0.15, 0.2) is 36.4 Å². The van der Waals surface area contributed by atoms with E-state index in [1.54, 1.807) is 68.7 Å². The fraction of sp³-hybridized carbons (Fsp3) is 0.516. The molecule has 0 aliphatic carbocycles. The Bertz CT molecular complexity index is 1360. The van der Waals surface area contributed by atoms with Gasteiger partial charge in [0.25, 0.3) is 11.8 Å². The highest BCUT2D eigenvalue weighted by molar-refractivity contribution is 6.59. The number of morpholine rings is 1. The average Bonchev–Trinajstić information content (AvgIpc) is 3.21. The number of carbonyl (C=O) groups excluding carboxylic acids is 3. The van der Waals surface area contributed by atoms with Crippen molar-refractivity contribution in [2.75, 3.05) is 26.4 Å². The summed E-state index contributed by atoms with van der Waals surface area (Å²) in [6.07, 6.45) is 1.29. The minimum atomic E-state index is -1.96. The van der Waals surface area contributed by atoms with Crippen molar-refractivity contribution in [3.63, 3.8) is 0 Å². The van der Waals surface area contributed by atoms with Crippen LogP contribution in [0.25, 0.3) is 0 Å². The summed E-state index contributed by atoms with van der Waals surface area (Å²) in [5.41, 5.74) is 0.677. The zero-order chi connectivity index (χ0) is 30.9. The van der Waals surface area contributed by atoms with Gasteiger partial charge in [0.15, 0.2) is 0 Å². The summed E-state index contributed by atoms with van der Waals surface area (Å²) in [4.78, 5) is 41.8. The fourth-order valence-corrected chi connectivity index (χ4v) is 8.43. The number of phenols is 1. The quantitative estimate of drug-likeness (QED) is 0.407. The molecule has 2 unspecified atom stereocenters. The maximum absolute atomic E-state index is 13.4. The van der Waals surface area contributed by atoms with E-state index in [0.717, 1.165) is 24.0 Å². The molecule has 2 aromatic rings. The predicted octanol–water partition coefficient (Wildman–Crippen LogP) is 2.95. The van der Waals surface area contributed by atoms with Gasteiger partial charge in [-0.25, -0.2) is 4.79 Å². The topological polar surface area (TPSA) is 138 Å². The van der Waals surface area contributed by atoms with Crippen LogP contribution in [0.4, 0.5) is 4.79 Å². The number of nitrogens with zero attached hydrogens (tertiary/aromatic N) is 2. The smallest absolute Gasteiger partial charge is 0.402 e. The number of amides is 3. The molecule has 3 N–H and O–H groups in total. The van der Waals surface area contributed by atoms with Gasteiger partial charge >= 0.3 is 6.09 Å². The number of rotatable bonds is 7. The third-order valence-electron chi connectivity index (χ3n) is 7.94. The average molecular weight is 611 g/mol. The number of aliphatic hydroxyl groups excluding tert-OH is 1. The van der Waals surface area contributed by atoms with Crippen molar-refractivity contribution >= 4 is 26.9 Å². The number of fused-ring (bicyclic) bond motifs is 3. The largest absolute Gasteiger partial charge is 0.508 e. The number of hydrogen-bond donors (Lipinski definition) is 3. The SMILES string of the molecule is CCOc1cc(C(=O)N2C3CCC2COC3)ccc1C(=O)NC[C@@H](O)[Si]1Cc2ccc(O)cc2CN1C(=O)OC(C)(C)C. The van der Waals surface area contributed by atoms with E-state index in [9.17, 15) is 24.6 Å². The molecule has 3 aliphatic heterocycles. The number of hydrogen-bond acceptors (Lipinski definition) is 8. The first-order valence-electron chi connectivity index (χ1n) is 14.8. The Balaban J connectivity index is 1.30. The molecule has 3 heterocycles. The molecule has 2 fully saturated rings. The van der Waals surface area contributed by atoms with Crippen LogP contribution < -0.4 is 10.1 Å². The molecule has 2 bridgehead atoms. The van der Waals surface area contributed by atoms with Crippen LogP contribution in [0.1, 0.15) is 72.4 Å². The molecule has 231 valence electrons. The highest BCUT2D eigenvalue weighted by atomic mass is 28.3. The van der Waals surface area contributed by atoms with E-state index < -0.39 is 32.3 Å². The van der Waals surface area contributed by atoms with E-state index >= 15 is 0 Å². The molecule has 3 aliphatic rings. The van der Waals surface area contributed by atoms with E-state index in [-0.39, 0.29) is 48.1 Å². The van der Waals surface area contributed by atoms with Gasteiger partial charge in [0, 0.05) is 18.7 Å². The van der Waals surface area contributed by atoms with E-state index in [4.69, 9.17) is 14.2 Å². The van der Waals surface area contributed by atoms with Gasteiger partial charge in [-0.05, 0) is 88.0 Å². The maximum atomic E-state index is 13.4. The van der Waals surface area contributed by atoms with Crippen LogP contribution >= 0.6 is 0 Å². The standard InChI is InChI=1S/C31H40N3O8Si/c1-5-41-26-13-19(29(38)34-22-8-9-23(34)17-40-16-22)7-11-25(26)28(37)32-14-27(36)43-18-20-6-10-24(35)12-21(20)15-33(43)30(39)42-31(2,3)4/h6-7,10-13,22-23,27,35-36H,5,8-9,14-18H2,1-4H3,(H,32,37)/t22?,23?,27-/m0/s1. The number of nitrogens with one attached hydrogen (secondary N) is 1. The third-order valence-corrected chi connectivity index (χ3v) is 10.7. The van der Waals surface area contributed by atoms with E-state index in [1.807, 2.05) is 4.90 Å². The van der Waals surface area contributed by atoms with Crippen molar-refractivity contribution in [3.8, 4) is 11.5 Å². The van der Waals surface area contributed by atoms with Crippen LogP contribution in [0.2, 0.25) is 0 Å². The fourth-order valence-electron chi connectivity index (χ4n) is 5.92. The highest BCUT2D eigenvalue weighted by Crippen LogP contribution is 2.32. The second kappa shape index (κ2) is 12.5. The zero-order valence-electron chi connectivity index (χ0n) is 25.1. The summed E-state index contributed by atoms with van der Waals surface area (Å²) in [6.45, 7) is 8.59. The summed E-state index contributed by atoms with van der Waals surface area (Å²) in [5.74, 6) is -0.171. The second-order valence-corrected chi connectivity index (χ2v) is 14.7. The molecule has 0 aromatic heterocycles. The first-order chi connectivity index (χ1) is 20.4. The van der Waals surface area contributed by atoms with Crippen molar-refractivity contribution in [3.05, 3.63) is 58.7 Å². The Morgan fingerprint density at radius 3 is 2.49 bits per heavy atom. The van der Waals surface area contributed by atoms with Crippen molar-refractivity contribution in [1.29, 1.82) is 0 Å². The minimum absolute atomic E-state index is 0.0620. The maximum Gasteiger partial charge on any atom is 0.402 e. The van der Waals surface area contributed by atoms with Gasteiger partial charge in [-0.1, -0.05) is 6.07 Å². The van der Waals surface area contributed by atoms with Gasteiger partial charge in [-0.3, -0.25) is 9.59 Å². The Hall–Kier alpha value is -3.61. The lowest BCUT2D eigenvalue weighted by molar-refractivity contribution is -0.00718. The van der Waals surface area contributed by atoms with Crippen molar-refractivity contribution in [2.24, 2.45) is 0 Å². The number of phenolic OH excluding ortho intramolecular Hbond substituents is 1. The first kappa shape index (κ1) is 30.8. The van der Waals surface area contributed by atoms with Crippen LogP contribution in [0.5, 0.6) is 11.5 Å². The number of ether oxygens (including phenoxy) is 3. The molecule has 3 amide bonds. The molecule has 5 rings (SSSR count). The molecule has 2 saturated heterocycles. The molecule has 11 nitrogen and oxygen atoms in total. The lowest BCUT2D eigenvalue weighted by Gasteiger charge is -2.38. The Morgan fingerprint density at radius 2 is 1.81 bits per heavy atom. The van der Waals surface area contributed by atoms with Crippen LogP contribution in [-0.2, 0) is 22.1 Å². The van der Waals surface area contributed by atoms with E-state index in [0.29, 0.717) is 31.4 Å². The molecule has 12 heteroatoms. The summed E-state index contributed by atoms with van der Waals surface area (Å²) in [7, 11) is -1.96. The predicted molar refractivity (Wildman–Crippen MR) is 159 cm³/mol. The van der Waals surface area contributed by atoms with E-state index in [2.05, 4.69) is 5.32 Å². The second-order valence-electron chi connectivity index (χ2n) is 12.2. The molecular weight excluding hydrogens is 570 g/mol. The van der Waals surface area contributed by atoms with Gasteiger partial charge < -0.3 is 39.2 Å². The lowest BCUT2D eigenvalue weighted by Crippen LogP contribution is -2.58. The number of aromatic hydroxyl groups is 1. The van der Waals surface area contributed by atoms with Crippen molar-refractivity contribution in [2.45, 2.75) is 76.5 Å². The molecule has 0 saturated carbocycles. The number of carbonyl (C=O) groups is 3. The Labute approximate surface area is 253 Å². The molecule has 0 spiro atoms. The Morgan fingerprint density at radius 1 is 1.09 bits per heavy atom. The van der Waals surface area contributed by atoms with E-state index in [1.165, 1.54) is 0 Å². The van der Waals surface area contributed by atoms with Gasteiger partial charge in [-0.15, -0.1) is 0 Å². The minimum Gasteiger partial charge on any atom is -0.508 e. The normalized spacial score (nSPS) is 20.8. The summed E-state index contributed by atoms with van der Waals surface area (Å²) >= 11 is 0. The van der Waals surface area contributed by atoms with Gasteiger partial charge in [0.2, 0.25) is 8.96 Å². The van der Waals surface area contributed by atoms with Gasteiger partial charge in [-0.2, -0.15) is 0 Å². The summed E-state index contributed by atoms with van der Waals surface area (Å²) in [6, 6.07) is 10.4. The summed E-state index contributed by atoms with van der Waals surface area (Å²) in [5, 5.41) is 24.1. The van der Waals surface area contributed by atoms with Gasteiger partial charge in [0.1, 0.15) is 17.1 Å². The molecule has 43 heavy (non-hydrogen) atoms. The molecule has 3 atom stereocenters. The lowest BCUT2D eigenvalue weighted by atomic mass is 10.1. The number of aliphatic hydroxyl groups is 1. The molecular formula is C31H40N3O8Si. The van der Waals surface area contributed by atoms with Crippen LogP contribution in [0, 0.1) is 0 Å². The van der Waals surface area contributed by atoms with Crippen molar-refractivity contribution < 1.29 is 38.8 Å². The third kappa shape index (κ3) is 6.81. The molecule has 2 aromatic carbocycles. The summed E-state index contributed by atoms with van der Waals surface area (Å²) < 4.78 is 18.5. The number of benzene rings is 2. The van der Waals surface area contributed by atoms with Gasteiger partial charge in [0.05, 0.1) is 43.2 Å².